The maximum Gasteiger partial charge on any atom is 0.285 e. The van der Waals surface area contributed by atoms with Crippen LogP contribution in [0.15, 0.2) is 52.0 Å². The standard InChI is InChI=1S/C18H17BrN4O2/c19-15-11-21-23-16(15)20-10-14(18(23)25)17(24)22-8-6-13(7-9-22)12-4-2-1-3-5-12/h1-5,10-11,13,21H,6-9H2. The summed E-state index contributed by atoms with van der Waals surface area (Å²) in [6.07, 6.45) is 4.81. The van der Waals surface area contributed by atoms with Gasteiger partial charge in [-0.25, -0.2) is 4.98 Å². The van der Waals surface area contributed by atoms with Crippen LogP contribution in [0.3, 0.4) is 0 Å². The van der Waals surface area contributed by atoms with Gasteiger partial charge in [-0.15, -0.1) is 0 Å². The lowest BCUT2D eigenvalue weighted by atomic mass is 9.89. The molecule has 128 valence electrons. The van der Waals surface area contributed by atoms with Gasteiger partial charge in [-0.2, -0.15) is 4.52 Å². The lowest BCUT2D eigenvalue weighted by Crippen LogP contribution is -2.40. The van der Waals surface area contributed by atoms with Crippen molar-refractivity contribution >= 4 is 27.5 Å². The minimum absolute atomic E-state index is 0.102. The van der Waals surface area contributed by atoms with Crippen LogP contribution in [0.25, 0.3) is 5.65 Å². The molecule has 1 fully saturated rings. The second-order valence-corrected chi connectivity index (χ2v) is 7.09. The SMILES string of the molecule is O=C(c1cnc2c(Br)c[nH]n2c1=O)N1CCC(c2ccccc2)CC1. The van der Waals surface area contributed by atoms with E-state index in [9.17, 15) is 9.59 Å². The van der Waals surface area contributed by atoms with Crippen LogP contribution in [0.4, 0.5) is 0 Å². The van der Waals surface area contributed by atoms with E-state index in [0.29, 0.717) is 29.1 Å². The molecule has 4 rings (SSSR count). The first-order chi connectivity index (χ1) is 12.1. The van der Waals surface area contributed by atoms with E-state index in [2.05, 4.69) is 38.1 Å². The Balaban J connectivity index is 1.53. The largest absolute Gasteiger partial charge is 0.338 e. The van der Waals surface area contributed by atoms with Crippen molar-refractivity contribution in [3.05, 3.63) is 68.7 Å². The third-order valence-corrected chi connectivity index (χ3v) is 5.36. The van der Waals surface area contributed by atoms with Gasteiger partial charge in [0.2, 0.25) is 0 Å². The highest BCUT2D eigenvalue weighted by Crippen LogP contribution is 2.28. The maximum atomic E-state index is 12.8. The number of carbonyl (C=O) groups excluding carboxylic acids is 1. The van der Waals surface area contributed by atoms with Gasteiger partial charge >= 0.3 is 0 Å². The predicted molar refractivity (Wildman–Crippen MR) is 97.8 cm³/mol. The van der Waals surface area contributed by atoms with E-state index in [1.807, 2.05) is 18.2 Å². The van der Waals surface area contributed by atoms with Gasteiger partial charge in [0, 0.05) is 25.5 Å². The average Bonchev–Trinajstić information content (AvgIpc) is 3.04. The highest BCUT2D eigenvalue weighted by molar-refractivity contribution is 9.10. The molecule has 3 aromatic rings. The summed E-state index contributed by atoms with van der Waals surface area (Å²) < 4.78 is 1.97. The number of benzene rings is 1. The van der Waals surface area contributed by atoms with Crippen molar-refractivity contribution in [1.29, 1.82) is 0 Å². The molecule has 0 saturated carbocycles. The molecule has 7 heteroatoms. The van der Waals surface area contributed by atoms with E-state index in [0.717, 1.165) is 12.8 Å². The fourth-order valence-electron chi connectivity index (χ4n) is 3.39. The Hall–Kier alpha value is -2.41. The Morgan fingerprint density at radius 2 is 1.92 bits per heavy atom. The molecule has 0 aliphatic carbocycles. The van der Waals surface area contributed by atoms with Crippen LogP contribution in [0, 0.1) is 0 Å². The van der Waals surface area contributed by atoms with Crippen LogP contribution in [0.2, 0.25) is 0 Å². The molecular formula is C18H17BrN4O2. The number of nitrogens with zero attached hydrogens (tertiary/aromatic N) is 3. The van der Waals surface area contributed by atoms with Crippen molar-refractivity contribution in [3.63, 3.8) is 0 Å². The third kappa shape index (κ3) is 2.89. The fraction of sp³-hybridized carbons (Fsp3) is 0.278. The van der Waals surface area contributed by atoms with Crippen molar-refractivity contribution in [2.75, 3.05) is 13.1 Å². The second-order valence-electron chi connectivity index (χ2n) is 6.23. The van der Waals surface area contributed by atoms with Crippen LogP contribution in [-0.4, -0.2) is 38.5 Å². The van der Waals surface area contributed by atoms with Crippen LogP contribution < -0.4 is 5.56 Å². The molecule has 2 aromatic heterocycles. The lowest BCUT2D eigenvalue weighted by Gasteiger charge is -2.32. The van der Waals surface area contributed by atoms with E-state index in [-0.39, 0.29) is 17.0 Å². The number of amides is 1. The van der Waals surface area contributed by atoms with Crippen molar-refractivity contribution in [3.8, 4) is 0 Å². The van der Waals surface area contributed by atoms with Gasteiger partial charge in [-0.1, -0.05) is 30.3 Å². The number of piperidine rings is 1. The first-order valence-electron chi connectivity index (χ1n) is 8.24. The summed E-state index contributed by atoms with van der Waals surface area (Å²) in [6, 6.07) is 10.4. The topological polar surface area (TPSA) is 70.5 Å². The Bertz CT molecular complexity index is 972. The molecule has 1 N–H and O–H groups in total. The highest BCUT2D eigenvalue weighted by atomic mass is 79.9. The molecule has 1 saturated heterocycles. The first kappa shape index (κ1) is 16.1. The Morgan fingerprint density at radius 3 is 2.64 bits per heavy atom. The van der Waals surface area contributed by atoms with Crippen molar-refractivity contribution in [1.82, 2.24) is 19.5 Å². The van der Waals surface area contributed by atoms with Gasteiger partial charge in [-0.3, -0.25) is 14.7 Å². The summed E-state index contributed by atoms with van der Waals surface area (Å²) in [5.74, 6) is 0.218. The van der Waals surface area contributed by atoms with Gasteiger partial charge in [-0.05, 0) is 40.3 Å². The predicted octanol–water partition coefficient (Wildman–Crippen LogP) is 2.80. The monoisotopic (exact) mass is 400 g/mol. The normalized spacial score (nSPS) is 15.6. The maximum absolute atomic E-state index is 12.8. The zero-order chi connectivity index (χ0) is 17.4. The summed E-state index contributed by atoms with van der Waals surface area (Å²) >= 11 is 3.32. The quantitative estimate of drug-likeness (QED) is 0.718. The molecule has 1 amide bonds. The molecule has 6 nitrogen and oxygen atoms in total. The van der Waals surface area contributed by atoms with Gasteiger partial charge in [0.25, 0.3) is 11.5 Å². The second kappa shape index (κ2) is 6.48. The molecule has 0 bridgehead atoms. The van der Waals surface area contributed by atoms with Crippen molar-refractivity contribution in [2.24, 2.45) is 0 Å². The number of halogens is 1. The van der Waals surface area contributed by atoms with Crippen molar-refractivity contribution < 1.29 is 4.79 Å². The van der Waals surface area contributed by atoms with Gasteiger partial charge in [0.1, 0.15) is 5.56 Å². The fourth-order valence-corrected chi connectivity index (χ4v) is 3.77. The summed E-state index contributed by atoms with van der Waals surface area (Å²) in [6.45, 7) is 1.30. The number of rotatable bonds is 2. The smallest absolute Gasteiger partial charge is 0.285 e. The molecule has 3 heterocycles. The minimum atomic E-state index is -0.370. The van der Waals surface area contributed by atoms with Crippen molar-refractivity contribution in [2.45, 2.75) is 18.8 Å². The van der Waals surface area contributed by atoms with E-state index in [1.165, 1.54) is 16.3 Å². The molecule has 1 aliphatic rings. The van der Waals surface area contributed by atoms with Crippen LogP contribution in [-0.2, 0) is 0 Å². The van der Waals surface area contributed by atoms with Crippen LogP contribution >= 0.6 is 15.9 Å². The zero-order valence-corrected chi connectivity index (χ0v) is 15.1. The molecule has 0 atom stereocenters. The van der Waals surface area contributed by atoms with Gasteiger partial charge in [0.05, 0.1) is 4.47 Å². The number of fused-ring (bicyclic) bond motifs is 1. The zero-order valence-electron chi connectivity index (χ0n) is 13.5. The summed E-state index contributed by atoms with van der Waals surface area (Å²) in [7, 11) is 0. The molecule has 25 heavy (non-hydrogen) atoms. The molecular weight excluding hydrogens is 384 g/mol. The van der Waals surface area contributed by atoms with E-state index >= 15 is 0 Å². The molecule has 0 radical (unpaired) electrons. The Kier molecular flexibility index (Phi) is 4.17. The molecule has 1 aliphatic heterocycles. The first-order valence-corrected chi connectivity index (χ1v) is 9.03. The van der Waals surface area contributed by atoms with E-state index in [1.54, 1.807) is 11.1 Å². The highest BCUT2D eigenvalue weighted by Gasteiger charge is 2.26. The van der Waals surface area contributed by atoms with E-state index < -0.39 is 0 Å². The number of likely N-dealkylation sites (tertiary alicyclic amines) is 1. The summed E-state index contributed by atoms with van der Waals surface area (Å²) in [5, 5.41) is 2.81. The number of aromatic amines is 1. The number of aromatic nitrogens is 3. The number of hydrogen-bond donors (Lipinski definition) is 1. The summed E-state index contributed by atoms with van der Waals surface area (Å²) in [4.78, 5) is 31.3. The number of carbonyl (C=O) groups is 1. The lowest BCUT2D eigenvalue weighted by molar-refractivity contribution is 0.0710. The number of hydrogen-bond acceptors (Lipinski definition) is 3. The average molecular weight is 401 g/mol. The minimum Gasteiger partial charge on any atom is -0.338 e. The third-order valence-electron chi connectivity index (χ3n) is 4.78. The van der Waals surface area contributed by atoms with Crippen LogP contribution in [0.1, 0.15) is 34.7 Å². The number of H-pyrrole nitrogens is 1. The van der Waals surface area contributed by atoms with Gasteiger partial charge in [0.15, 0.2) is 5.65 Å². The summed E-state index contributed by atoms with van der Waals surface area (Å²) in [5.41, 5.74) is 1.52. The Morgan fingerprint density at radius 1 is 1.20 bits per heavy atom. The molecule has 1 aromatic carbocycles. The van der Waals surface area contributed by atoms with Gasteiger partial charge < -0.3 is 4.90 Å². The Labute approximate surface area is 152 Å². The van der Waals surface area contributed by atoms with Crippen LogP contribution in [0.5, 0.6) is 0 Å². The molecule has 0 unspecified atom stereocenters. The molecule has 0 spiro atoms. The number of nitrogens with one attached hydrogen (secondary N) is 1. The van der Waals surface area contributed by atoms with E-state index in [4.69, 9.17) is 0 Å².